The van der Waals surface area contributed by atoms with Crippen LogP contribution in [0, 0.1) is 5.82 Å². The summed E-state index contributed by atoms with van der Waals surface area (Å²) in [6.45, 7) is 9.37. The van der Waals surface area contributed by atoms with Gasteiger partial charge in [-0.25, -0.2) is 9.37 Å². The van der Waals surface area contributed by atoms with Crippen LogP contribution >= 0.6 is 0 Å². The summed E-state index contributed by atoms with van der Waals surface area (Å²) in [5.74, 6) is 0.377. The van der Waals surface area contributed by atoms with E-state index in [0.29, 0.717) is 11.4 Å². The number of halogens is 1. The fourth-order valence-corrected chi connectivity index (χ4v) is 5.49. The summed E-state index contributed by atoms with van der Waals surface area (Å²) in [5, 5.41) is 8.73. The van der Waals surface area contributed by atoms with E-state index in [1.807, 2.05) is 30.3 Å². The molecule has 5 aromatic rings. The van der Waals surface area contributed by atoms with Crippen molar-refractivity contribution in [1.29, 1.82) is 0 Å². The van der Waals surface area contributed by atoms with E-state index >= 15 is 0 Å². The second-order valence-electron chi connectivity index (χ2n) is 10.1. The van der Waals surface area contributed by atoms with E-state index in [1.54, 1.807) is 12.1 Å². The molecule has 3 heterocycles. The number of piperidine rings is 1. The number of likely N-dealkylation sites (tertiary alicyclic amines) is 1. The predicted molar refractivity (Wildman–Crippen MR) is 159 cm³/mol. The highest BCUT2D eigenvalue weighted by Crippen LogP contribution is 2.33. The summed E-state index contributed by atoms with van der Waals surface area (Å²) in [6, 6.07) is 18.9. The number of para-hydroxylation sites is 1. The summed E-state index contributed by atoms with van der Waals surface area (Å²) in [7, 11) is 0. The second kappa shape index (κ2) is 10.8. The summed E-state index contributed by atoms with van der Waals surface area (Å²) in [4.78, 5) is 10.8. The summed E-state index contributed by atoms with van der Waals surface area (Å²) < 4.78 is 14.6. The maximum absolute atomic E-state index is 14.6. The molecule has 0 aliphatic carbocycles. The highest BCUT2D eigenvalue weighted by Gasteiger charge is 2.17. The number of H-pyrrole nitrogens is 2. The van der Waals surface area contributed by atoms with E-state index in [4.69, 9.17) is 4.98 Å². The zero-order valence-electron chi connectivity index (χ0n) is 22.2. The first-order valence-corrected chi connectivity index (χ1v) is 13.6. The zero-order valence-corrected chi connectivity index (χ0v) is 22.2. The zero-order chi connectivity index (χ0) is 26.8. The molecule has 6 heteroatoms. The average Bonchev–Trinajstić information content (AvgIpc) is 3.60. The molecule has 0 atom stereocenters. The largest absolute Gasteiger partial charge is 0.337 e. The number of nitrogens with zero attached hydrogens (tertiary/aromatic N) is 3. The van der Waals surface area contributed by atoms with Gasteiger partial charge in [0.15, 0.2) is 5.82 Å². The van der Waals surface area contributed by atoms with Crippen LogP contribution in [0.2, 0.25) is 0 Å². The highest BCUT2D eigenvalue weighted by atomic mass is 19.1. The lowest BCUT2D eigenvalue weighted by Gasteiger charge is -2.26. The first kappa shape index (κ1) is 25.0. The summed E-state index contributed by atoms with van der Waals surface area (Å²) in [6.07, 6.45) is 10.2. The van der Waals surface area contributed by atoms with Crippen molar-refractivity contribution >= 4 is 27.5 Å². The van der Waals surface area contributed by atoms with Gasteiger partial charge >= 0.3 is 0 Å². The molecule has 0 saturated carbocycles. The van der Waals surface area contributed by atoms with E-state index < -0.39 is 0 Å². The number of nitrogens with one attached hydrogen (secondary N) is 2. The van der Waals surface area contributed by atoms with Gasteiger partial charge in [-0.3, -0.25) is 10.00 Å². The van der Waals surface area contributed by atoms with Gasteiger partial charge in [-0.2, -0.15) is 5.10 Å². The molecule has 1 aliphatic rings. The third kappa shape index (κ3) is 4.95. The highest BCUT2D eigenvalue weighted by molar-refractivity contribution is 5.98. The molecular formula is C33H32FN5. The summed E-state index contributed by atoms with van der Waals surface area (Å²) >= 11 is 0. The van der Waals surface area contributed by atoms with E-state index in [9.17, 15) is 4.39 Å². The smallest absolute Gasteiger partial charge is 0.159 e. The van der Waals surface area contributed by atoms with Crippen molar-refractivity contribution in [2.75, 3.05) is 19.6 Å². The molecule has 2 N–H and O–H groups in total. The van der Waals surface area contributed by atoms with Crippen LogP contribution in [-0.2, 0) is 0 Å². The van der Waals surface area contributed by atoms with E-state index in [-0.39, 0.29) is 5.82 Å². The average molecular weight is 518 g/mol. The Morgan fingerprint density at radius 1 is 1.00 bits per heavy atom. The molecule has 0 bridgehead atoms. The molecule has 1 aliphatic heterocycles. The van der Waals surface area contributed by atoms with Crippen molar-refractivity contribution < 1.29 is 4.39 Å². The third-order valence-electron chi connectivity index (χ3n) is 7.57. The van der Waals surface area contributed by atoms with Crippen LogP contribution in [0.25, 0.3) is 50.2 Å². The van der Waals surface area contributed by atoms with Crippen LogP contribution < -0.4 is 0 Å². The second-order valence-corrected chi connectivity index (χ2v) is 10.1. The van der Waals surface area contributed by atoms with Gasteiger partial charge in [0.25, 0.3) is 0 Å². The van der Waals surface area contributed by atoms with Crippen LogP contribution in [-0.4, -0.2) is 44.7 Å². The van der Waals surface area contributed by atoms with Gasteiger partial charge in [0, 0.05) is 23.1 Å². The van der Waals surface area contributed by atoms with Crippen LogP contribution in [0.4, 0.5) is 4.39 Å². The maximum Gasteiger partial charge on any atom is 0.159 e. The van der Waals surface area contributed by atoms with Crippen LogP contribution in [0.3, 0.4) is 0 Å². The van der Waals surface area contributed by atoms with Crippen LogP contribution in [0.5, 0.6) is 0 Å². The van der Waals surface area contributed by atoms with Gasteiger partial charge in [-0.15, -0.1) is 0 Å². The molecule has 2 aromatic heterocycles. The number of allylic oxidation sites excluding steroid dienone is 3. The monoisotopic (exact) mass is 517 g/mol. The topological polar surface area (TPSA) is 60.6 Å². The molecular weight excluding hydrogens is 485 g/mol. The lowest BCUT2D eigenvalue weighted by molar-refractivity contribution is 0.248. The Balaban J connectivity index is 1.37. The molecule has 39 heavy (non-hydrogen) atoms. The van der Waals surface area contributed by atoms with E-state index in [0.717, 1.165) is 64.0 Å². The number of aromatic nitrogens is 4. The number of hydrogen-bond donors (Lipinski definition) is 2. The molecule has 1 saturated heterocycles. The van der Waals surface area contributed by atoms with Gasteiger partial charge in [0.1, 0.15) is 11.5 Å². The molecule has 0 radical (unpaired) electrons. The quantitative estimate of drug-likeness (QED) is 0.216. The molecule has 0 spiro atoms. The van der Waals surface area contributed by atoms with E-state index in [1.165, 1.54) is 30.9 Å². The van der Waals surface area contributed by atoms with Gasteiger partial charge in [-0.05, 0) is 73.8 Å². The Morgan fingerprint density at radius 3 is 2.62 bits per heavy atom. The van der Waals surface area contributed by atoms with Crippen LogP contribution in [0.1, 0.15) is 31.7 Å². The number of imidazole rings is 1. The lowest BCUT2D eigenvalue weighted by Crippen LogP contribution is -2.31. The normalized spacial score (nSPS) is 15.3. The number of fused-ring (bicyclic) bond motifs is 2. The Labute approximate surface area is 227 Å². The molecule has 5 nitrogen and oxygen atoms in total. The maximum atomic E-state index is 14.6. The molecule has 1 fully saturated rings. The number of rotatable bonds is 7. The Bertz CT molecular complexity index is 1710. The predicted octanol–water partition coefficient (Wildman–Crippen LogP) is 7.91. The van der Waals surface area contributed by atoms with Gasteiger partial charge in [-0.1, -0.05) is 67.6 Å². The first-order valence-electron chi connectivity index (χ1n) is 13.6. The van der Waals surface area contributed by atoms with Crippen LogP contribution in [0.15, 0.2) is 91.0 Å². The van der Waals surface area contributed by atoms with Crippen molar-refractivity contribution in [2.45, 2.75) is 26.2 Å². The van der Waals surface area contributed by atoms with Crippen molar-refractivity contribution in [3.05, 3.63) is 102 Å². The van der Waals surface area contributed by atoms with Crippen molar-refractivity contribution in [1.82, 2.24) is 25.1 Å². The molecule has 6 rings (SSSR count). The van der Waals surface area contributed by atoms with Crippen molar-refractivity contribution in [2.24, 2.45) is 0 Å². The van der Waals surface area contributed by atoms with Gasteiger partial charge < -0.3 is 4.98 Å². The molecule has 0 amide bonds. The Hall–Kier alpha value is -4.29. The standard InChI is InChI=1S/C33H32FN5/c1-3-22(21-39-17-8-5-9-18-39)19-23(4-2)24-15-16-29-27(20-24)32(38-37-29)33-35-30-14-10-12-26(31(30)36-33)25-11-6-7-13-28(25)34/h3-4,6-7,10-16,19-20H,1,5,8-9,17-18,21H2,2H3,(H,35,36)(H,37,38)/b22-19+,23-4+. The molecule has 196 valence electrons. The molecule has 0 unspecified atom stereocenters. The van der Waals surface area contributed by atoms with Crippen molar-refractivity contribution in [3.8, 4) is 22.6 Å². The Kier molecular flexibility index (Phi) is 6.95. The number of hydrogen-bond acceptors (Lipinski definition) is 3. The van der Waals surface area contributed by atoms with Crippen molar-refractivity contribution in [3.63, 3.8) is 0 Å². The lowest BCUT2D eigenvalue weighted by atomic mass is 10.00. The Morgan fingerprint density at radius 2 is 1.82 bits per heavy atom. The van der Waals surface area contributed by atoms with Gasteiger partial charge in [0.2, 0.25) is 0 Å². The SMILES string of the molecule is C=C/C(=C\C(=C/C)c1ccc2[nH]nc(-c3nc4c(-c5ccccc5F)cccc4[nH]3)c2c1)CN1CCCCC1. The first-order chi connectivity index (χ1) is 19.1. The minimum Gasteiger partial charge on any atom is -0.337 e. The summed E-state index contributed by atoms with van der Waals surface area (Å²) in [5.41, 5.74) is 7.97. The fourth-order valence-electron chi connectivity index (χ4n) is 5.49. The van der Waals surface area contributed by atoms with Gasteiger partial charge in [0.05, 0.1) is 16.6 Å². The molecule has 3 aromatic carbocycles. The minimum atomic E-state index is -0.268. The third-order valence-corrected chi connectivity index (χ3v) is 7.57. The fraction of sp³-hybridized carbons (Fsp3) is 0.212. The number of benzene rings is 3. The minimum absolute atomic E-state index is 0.268. The van der Waals surface area contributed by atoms with E-state index in [2.05, 4.69) is 63.9 Å². The number of aromatic amines is 2.